The number of aromatic amines is 1. The van der Waals surface area contributed by atoms with Crippen molar-refractivity contribution in [2.45, 2.75) is 76.7 Å². The number of hydrogen-bond acceptors (Lipinski definition) is 4. The Balaban J connectivity index is 1.22. The number of halogens is 1. The van der Waals surface area contributed by atoms with Crippen LogP contribution < -0.4 is 5.56 Å². The van der Waals surface area contributed by atoms with E-state index >= 15 is 0 Å². The van der Waals surface area contributed by atoms with E-state index < -0.39 is 0 Å². The van der Waals surface area contributed by atoms with Crippen molar-refractivity contribution in [2.24, 2.45) is 0 Å². The van der Waals surface area contributed by atoms with Crippen molar-refractivity contribution in [3.8, 4) is 5.75 Å². The van der Waals surface area contributed by atoms with Gasteiger partial charge in [0.1, 0.15) is 11.6 Å². The zero-order chi connectivity index (χ0) is 26.7. The highest BCUT2D eigenvalue weighted by molar-refractivity contribution is 5.87. The lowest BCUT2D eigenvalue weighted by Gasteiger charge is -2.34. The summed E-state index contributed by atoms with van der Waals surface area (Å²) in [7, 11) is 0. The lowest BCUT2D eigenvalue weighted by atomic mass is 9.93. The van der Waals surface area contributed by atoms with E-state index in [0.29, 0.717) is 37.6 Å². The number of nitrogens with zero attached hydrogens (tertiary/aromatic N) is 1. The summed E-state index contributed by atoms with van der Waals surface area (Å²) in [5, 5.41) is 11.0. The fraction of sp³-hybridized carbons (Fsp3) is 0.484. The second kappa shape index (κ2) is 14.1. The highest BCUT2D eigenvalue weighted by Gasteiger charge is 2.24. The molecule has 1 amide bonds. The van der Waals surface area contributed by atoms with Crippen LogP contribution in [0.3, 0.4) is 0 Å². The van der Waals surface area contributed by atoms with Gasteiger partial charge in [0.05, 0.1) is 25.2 Å². The van der Waals surface area contributed by atoms with E-state index in [9.17, 15) is 19.1 Å². The van der Waals surface area contributed by atoms with Crippen LogP contribution in [0.1, 0.15) is 68.9 Å². The quantitative estimate of drug-likeness (QED) is 0.274. The predicted molar refractivity (Wildman–Crippen MR) is 148 cm³/mol. The normalized spacial score (nSPS) is 14.1. The molecule has 1 heterocycles. The zero-order valence-electron chi connectivity index (χ0n) is 22.1. The first-order chi connectivity index (χ1) is 18.5. The third-order valence-corrected chi connectivity index (χ3v) is 7.55. The fourth-order valence-electron chi connectivity index (χ4n) is 5.44. The second-order valence-electron chi connectivity index (χ2n) is 10.3. The molecule has 0 radical (unpaired) electrons. The van der Waals surface area contributed by atoms with E-state index in [4.69, 9.17) is 4.74 Å². The number of hydrogen-bond donors (Lipinski definition) is 2. The predicted octanol–water partition coefficient (Wildman–Crippen LogP) is 5.90. The molecule has 0 unspecified atom stereocenters. The molecule has 204 valence electrons. The first kappa shape index (κ1) is 27.8. The van der Waals surface area contributed by atoms with Crippen molar-refractivity contribution < 1.29 is 19.0 Å². The molecule has 1 fully saturated rings. The largest absolute Gasteiger partial charge is 0.506 e. The van der Waals surface area contributed by atoms with E-state index in [-0.39, 0.29) is 23.0 Å². The number of H-pyrrole nitrogens is 1. The van der Waals surface area contributed by atoms with Crippen LogP contribution in [0.5, 0.6) is 5.75 Å². The number of pyridine rings is 1. The van der Waals surface area contributed by atoms with Crippen molar-refractivity contribution in [3.63, 3.8) is 0 Å². The Morgan fingerprint density at radius 1 is 0.947 bits per heavy atom. The van der Waals surface area contributed by atoms with Gasteiger partial charge in [0.25, 0.3) is 0 Å². The molecule has 6 nitrogen and oxygen atoms in total. The van der Waals surface area contributed by atoms with Gasteiger partial charge >= 0.3 is 0 Å². The van der Waals surface area contributed by atoms with Gasteiger partial charge in [-0.05, 0) is 73.9 Å². The Hall–Kier alpha value is -3.19. The number of rotatable bonds is 13. The van der Waals surface area contributed by atoms with Gasteiger partial charge in [0.15, 0.2) is 0 Å². The molecule has 1 aliphatic rings. The Bertz CT molecular complexity index is 1230. The molecule has 0 spiro atoms. The van der Waals surface area contributed by atoms with Crippen LogP contribution in [0.25, 0.3) is 10.9 Å². The standard InChI is InChI=1S/C31H39FN2O4/c32-25-13-10-23(11-14-25)18-21-38-22-19-30(37)34(26-8-4-1-5-9-26)20-6-2-3-7-24-12-16-28(35)31-27(24)15-17-29(36)33-31/h10-17,26,35H,1-9,18-22H2,(H,33,36). The number of benzene rings is 2. The third kappa shape index (κ3) is 7.90. The summed E-state index contributed by atoms with van der Waals surface area (Å²) in [6.45, 7) is 1.68. The summed E-state index contributed by atoms with van der Waals surface area (Å²) in [5.41, 5.74) is 2.39. The minimum atomic E-state index is -0.241. The third-order valence-electron chi connectivity index (χ3n) is 7.55. The van der Waals surface area contributed by atoms with Gasteiger partial charge in [0, 0.05) is 24.0 Å². The van der Waals surface area contributed by atoms with Crippen LogP contribution in [0.2, 0.25) is 0 Å². The maximum absolute atomic E-state index is 13.2. The molecule has 1 aromatic heterocycles. The molecule has 1 saturated carbocycles. The zero-order valence-corrected chi connectivity index (χ0v) is 22.1. The number of carbonyl (C=O) groups is 1. The number of carbonyl (C=O) groups excluding carboxylic acids is 1. The molecule has 2 N–H and O–H groups in total. The van der Waals surface area contributed by atoms with Crippen molar-refractivity contribution in [2.75, 3.05) is 19.8 Å². The smallest absolute Gasteiger partial charge is 0.248 e. The van der Waals surface area contributed by atoms with E-state index in [1.807, 2.05) is 6.07 Å². The molecule has 0 bridgehead atoms. The van der Waals surface area contributed by atoms with E-state index in [0.717, 1.165) is 61.6 Å². The first-order valence-corrected chi connectivity index (χ1v) is 14.0. The Kier molecular flexibility index (Phi) is 10.3. The molecule has 2 aromatic carbocycles. The number of unbranched alkanes of at least 4 members (excludes halogenated alkanes) is 2. The highest BCUT2D eigenvalue weighted by atomic mass is 19.1. The SMILES string of the molecule is O=C(CCOCCc1ccc(F)cc1)N(CCCCCc1ccc(O)c2[nH]c(=O)ccc12)C1CCCCC1. The van der Waals surface area contributed by atoms with Crippen LogP contribution in [0.4, 0.5) is 4.39 Å². The van der Waals surface area contributed by atoms with E-state index in [1.54, 1.807) is 24.3 Å². The summed E-state index contributed by atoms with van der Waals surface area (Å²) >= 11 is 0. The monoisotopic (exact) mass is 522 g/mol. The van der Waals surface area contributed by atoms with Gasteiger partial charge in [-0.1, -0.05) is 43.9 Å². The molecular formula is C31H39FN2O4. The molecule has 3 aromatic rings. The average molecular weight is 523 g/mol. The van der Waals surface area contributed by atoms with Crippen molar-refractivity contribution in [3.05, 3.63) is 75.8 Å². The van der Waals surface area contributed by atoms with E-state index in [1.165, 1.54) is 37.5 Å². The maximum Gasteiger partial charge on any atom is 0.248 e. The van der Waals surface area contributed by atoms with Crippen LogP contribution >= 0.6 is 0 Å². The van der Waals surface area contributed by atoms with Gasteiger partial charge in [0.2, 0.25) is 11.5 Å². The van der Waals surface area contributed by atoms with E-state index in [2.05, 4.69) is 9.88 Å². The first-order valence-electron chi connectivity index (χ1n) is 14.0. The molecular weight excluding hydrogens is 483 g/mol. The molecule has 38 heavy (non-hydrogen) atoms. The second-order valence-corrected chi connectivity index (χ2v) is 10.3. The Morgan fingerprint density at radius 3 is 2.53 bits per heavy atom. The Labute approximate surface area is 223 Å². The lowest BCUT2D eigenvalue weighted by Crippen LogP contribution is -2.42. The minimum Gasteiger partial charge on any atom is -0.506 e. The average Bonchev–Trinajstić information content (AvgIpc) is 2.93. The number of amides is 1. The van der Waals surface area contributed by atoms with Crippen LogP contribution in [0, 0.1) is 5.82 Å². The van der Waals surface area contributed by atoms with Crippen molar-refractivity contribution >= 4 is 16.8 Å². The number of ether oxygens (including phenoxy) is 1. The fourth-order valence-corrected chi connectivity index (χ4v) is 5.44. The molecule has 0 saturated heterocycles. The van der Waals surface area contributed by atoms with Crippen LogP contribution in [-0.2, 0) is 22.4 Å². The minimum absolute atomic E-state index is 0.0857. The van der Waals surface area contributed by atoms with Gasteiger partial charge < -0.3 is 19.7 Å². The summed E-state index contributed by atoms with van der Waals surface area (Å²) in [4.78, 5) is 29.6. The van der Waals surface area contributed by atoms with Crippen molar-refractivity contribution in [1.29, 1.82) is 0 Å². The Morgan fingerprint density at radius 2 is 1.74 bits per heavy atom. The van der Waals surface area contributed by atoms with Crippen molar-refractivity contribution in [1.82, 2.24) is 9.88 Å². The van der Waals surface area contributed by atoms with Crippen LogP contribution in [0.15, 0.2) is 53.3 Å². The molecule has 4 rings (SSSR count). The topological polar surface area (TPSA) is 82.6 Å². The molecule has 0 atom stereocenters. The van der Waals surface area contributed by atoms with Gasteiger partial charge in [-0.3, -0.25) is 9.59 Å². The van der Waals surface area contributed by atoms with Gasteiger partial charge in [-0.2, -0.15) is 0 Å². The van der Waals surface area contributed by atoms with Gasteiger partial charge in [-0.25, -0.2) is 4.39 Å². The summed E-state index contributed by atoms with van der Waals surface area (Å²) in [5.74, 6) is 0.0177. The lowest BCUT2D eigenvalue weighted by molar-refractivity contribution is -0.135. The number of phenolic OH excluding ortho intramolecular Hbond substituents is 1. The molecule has 0 aliphatic heterocycles. The summed E-state index contributed by atoms with van der Waals surface area (Å²) < 4.78 is 18.8. The number of aromatic nitrogens is 1. The van der Waals surface area contributed by atoms with Crippen LogP contribution in [-0.4, -0.2) is 46.7 Å². The highest BCUT2D eigenvalue weighted by Crippen LogP contribution is 2.27. The number of nitrogens with one attached hydrogen (secondary N) is 1. The van der Waals surface area contributed by atoms with Gasteiger partial charge in [-0.15, -0.1) is 0 Å². The molecule has 7 heteroatoms. The summed E-state index contributed by atoms with van der Waals surface area (Å²) in [6.07, 6.45) is 10.6. The summed E-state index contributed by atoms with van der Waals surface area (Å²) in [6, 6.07) is 13.6. The number of aromatic hydroxyl groups is 1. The molecule has 1 aliphatic carbocycles. The number of fused-ring (bicyclic) bond motifs is 1. The maximum atomic E-state index is 13.2. The number of phenols is 1. The number of aryl methyl sites for hydroxylation is 1.